The number of hydrogen-bond donors (Lipinski definition) is 1. The van der Waals surface area contributed by atoms with Crippen LogP contribution in [0.1, 0.15) is 22.3 Å². The predicted molar refractivity (Wildman–Crippen MR) is 88.5 cm³/mol. The van der Waals surface area contributed by atoms with Crippen molar-refractivity contribution in [1.82, 2.24) is 10.2 Å². The summed E-state index contributed by atoms with van der Waals surface area (Å²) in [7, 11) is 1.62. The van der Waals surface area contributed by atoms with Gasteiger partial charge in [0.15, 0.2) is 0 Å². The second-order valence-electron chi connectivity index (χ2n) is 5.55. The van der Waals surface area contributed by atoms with E-state index in [1.807, 2.05) is 12.1 Å². The fourth-order valence-corrected chi connectivity index (χ4v) is 3.41. The monoisotopic (exact) mass is 316 g/mol. The van der Waals surface area contributed by atoms with Crippen molar-refractivity contribution in [1.29, 1.82) is 0 Å². The molecular formula is C17H20N2O2S. The fourth-order valence-electron chi connectivity index (χ4n) is 2.75. The topological polar surface area (TPSA) is 41.6 Å². The minimum atomic E-state index is -0.00923. The molecule has 1 aliphatic rings. The summed E-state index contributed by atoms with van der Waals surface area (Å²) in [5.41, 5.74) is 2.03. The van der Waals surface area contributed by atoms with Crippen LogP contribution in [0.4, 0.5) is 0 Å². The van der Waals surface area contributed by atoms with Crippen LogP contribution in [-0.2, 0) is 6.54 Å². The molecule has 3 rings (SSSR count). The lowest BCUT2D eigenvalue weighted by Crippen LogP contribution is -2.36. The largest absolute Gasteiger partial charge is 0.497 e. The highest BCUT2D eigenvalue weighted by Gasteiger charge is 2.24. The van der Waals surface area contributed by atoms with E-state index in [1.165, 1.54) is 5.56 Å². The molecule has 22 heavy (non-hydrogen) atoms. The van der Waals surface area contributed by atoms with Crippen molar-refractivity contribution in [3.8, 4) is 5.75 Å². The summed E-state index contributed by atoms with van der Waals surface area (Å²) in [6.45, 7) is 2.92. The highest BCUT2D eigenvalue weighted by molar-refractivity contribution is 7.07. The Kier molecular flexibility index (Phi) is 4.75. The Balaban J connectivity index is 1.51. The molecule has 0 bridgehead atoms. The van der Waals surface area contributed by atoms with E-state index in [4.69, 9.17) is 4.74 Å². The number of thiophene rings is 1. The van der Waals surface area contributed by atoms with Crippen LogP contribution in [-0.4, -0.2) is 37.0 Å². The van der Waals surface area contributed by atoms with Gasteiger partial charge in [-0.2, -0.15) is 11.3 Å². The zero-order valence-corrected chi connectivity index (χ0v) is 13.4. The van der Waals surface area contributed by atoms with Crippen LogP contribution in [0.25, 0.3) is 0 Å². The number of carbonyl (C=O) groups excluding carboxylic acids is 1. The first-order valence-corrected chi connectivity index (χ1v) is 8.37. The van der Waals surface area contributed by atoms with Gasteiger partial charge >= 0.3 is 0 Å². The van der Waals surface area contributed by atoms with E-state index in [0.29, 0.717) is 5.56 Å². The number of ether oxygens (including phenoxy) is 1. The van der Waals surface area contributed by atoms with Crippen LogP contribution >= 0.6 is 11.3 Å². The summed E-state index contributed by atoms with van der Waals surface area (Å²) in [4.78, 5) is 14.6. The molecule has 116 valence electrons. The maximum atomic E-state index is 12.3. The SMILES string of the molecule is COc1ccc(C(=O)NC2CCN(Cc3ccsc3)C2)cc1. The van der Waals surface area contributed by atoms with Gasteiger partial charge in [-0.1, -0.05) is 0 Å². The van der Waals surface area contributed by atoms with E-state index in [1.54, 1.807) is 30.6 Å². The van der Waals surface area contributed by atoms with Crippen molar-refractivity contribution >= 4 is 17.2 Å². The standard InChI is InChI=1S/C17H20N2O2S/c1-21-16-4-2-14(3-5-16)17(20)18-15-6-8-19(11-15)10-13-7-9-22-12-13/h2-5,7,9,12,15H,6,8,10-11H2,1H3,(H,18,20). The van der Waals surface area contributed by atoms with E-state index >= 15 is 0 Å². The van der Waals surface area contributed by atoms with Gasteiger partial charge in [0.25, 0.3) is 5.91 Å². The predicted octanol–water partition coefficient (Wildman–Crippen LogP) is 2.76. The van der Waals surface area contributed by atoms with Crippen molar-refractivity contribution in [3.63, 3.8) is 0 Å². The molecule has 4 nitrogen and oxygen atoms in total. The number of carbonyl (C=O) groups is 1. The molecule has 1 unspecified atom stereocenters. The Labute approximate surface area is 134 Å². The number of methoxy groups -OCH3 is 1. The van der Waals surface area contributed by atoms with Crippen LogP contribution in [0.5, 0.6) is 5.75 Å². The van der Waals surface area contributed by atoms with Gasteiger partial charge in [0, 0.05) is 31.2 Å². The fraction of sp³-hybridized carbons (Fsp3) is 0.353. The molecule has 0 aliphatic carbocycles. The molecule has 5 heteroatoms. The molecule has 1 aromatic carbocycles. The molecule has 2 heterocycles. The molecule has 1 aliphatic heterocycles. The number of amides is 1. The molecule has 1 amide bonds. The Morgan fingerprint density at radius 1 is 1.36 bits per heavy atom. The van der Waals surface area contributed by atoms with Gasteiger partial charge in [-0.15, -0.1) is 0 Å². The highest BCUT2D eigenvalue weighted by Crippen LogP contribution is 2.16. The first-order valence-electron chi connectivity index (χ1n) is 7.43. The number of nitrogens with zero attached hydrogens (tertiary/aromatic N) is 1. The molecule has 1 N–H and O–H groups in total. The molecule has 1 atom stereocenters. The van der Waals surface area contributed by atoms with Gasteiger partial charge in [-0.25, -0.2) is 0 Å². The lowest BCUT2D eigenvalue weighted by Gasteiger charge is -2.16. The number of nitrogens with one attached hydrogen (secondary N) is 1. The zero-order valence-electron chi connectivity index (χ0n) is 12.6. The summed E-state index contributed by atoms with van der Waals surface area (Å²) in [6.07, 6.45) is 1.01. The van der Waals surface area contributed by atoms with Crippen LogP contribution in [0, 0.1) is 0 Å². The third-order valence-corrected chi connectivity index (χ3v) is 4.68. The summed E-state index contributed by atoms with van der Waals surface area (Å²) in [5, 5.41) is 7.41. The summed E-state index contributed by atoms with van der Waals surface area (Å²) >= 11 is 1.73. The van der Waals surface area contributed by atoms with Crippen LogP contribution < -0.4 is 10.1 Å². The van der Waals surface area contributed by atoms with Crippen LogP contribution in [0.2, 0.25) is 0 Å². The number of benzene rings is 1. The molecule has 1 fully saturated rings. The third kappa shape index (κ3) is 3.67. The number of hydrogen-bond acceptors (Lipinski definition) is 4. The minimum absolute atomic E-state index is 0.00923. The quantitative estimate of drug-likeness (QED) is 0.922. The highest BCUT2D eigenvalue weighted by atomic mass is 32.1. The first kappa shape index (κ1) is 15.1. The summed E-state index contributed by atoms with van der Waals surface area (Å²) < 4.78 is 5.11. The Morgan fingerprint density at radius 3 is 2.86 bits per heavy atom. The molecule has 0 saturated carbocycles. The maximum absolute atomic E-state index is 12.3. The van der Waals surface area contributed by atoms with E-state index in [-0.39, 0.29) is 11.9 Å². The Hall–Kier alpha value is -1.85. The summed E-state index contributed by atoms with van der Waals surface area (Å²) in [6, 6.07) is 9.61. The van der Waals surface area contributed by atoms with Crippen molar-refractivity contribution in [3.05, 3.63) is 52.2 Å². The Morgan fingerprint density at radius 2 is 2.18 bits per heavy atom. The van der Waals surface area contributed by atoms with Crippen molar-refractivity contribution in [2.75, 3.05) is 20.2 Å². The van der Waals surface area contributed by atoms with E-state index in [2.05, 4.69) is 27.0 Å². The van der Waals surface area contributed by atoms with Gasteiger partial charge in [0.1, 0.15) is 5.75 Å². The van der Waals surface area contributed by atoms with Gasteiger partial charge in [-0.05, 0) is 53.1 Å². The second kappa shape index (κ2) is 6.94. The van der Waals surface area contributed by atoms with E-state index in [9.17, 15) is 4.79 Å². The molecule has 1 aromatic heterocycles. The molecule has 0 radical (unpaired) electrons. The number of likely N-dealkylation sites (tertiary alicyclic amines) is 1. The average Bonchev–Trinajstić information content (AvgIpc) is 3.20. The molecular weight excluding hydrogens is 296 g/mol. The first-order chi connectivity index (χ1) is 10.7. The lowest BCUT2D eigenvalue weighted by molar-refractivity contribution is 0.0937. The maximum Gasteiger partial charge on any atom is 0.251 e. The van der Waals surface area contributed by atoms with Gasteiger partial charge < -0.3 is 10.1 Å². The molecule has 2 aromatic rings. The minimum Gasteiger partial charge on any atom is -0.497 e. The average molecular weight is 316 g/mol. The van der Waals surface area contributed by atoms with Crippen LogP contribution in [0.15, 0.2) is 41.1 Å². The van der Waals surface area contributed by atoms with E-state index < -0.39 is 0 Å². The third-order valence-electron chi connectivity index (χ3n) is 3.95. The van der Waals surface area contributed by atoms with Crippen LogP contribution in [0.3, 0.4) is 0 Å². The van der Waals surface area contributed by atoms with Gasteiger partial charge in [0.2, 0.25) is 0 Å². The van der Waals surface area contributed by atoms with Crippen molar-refractivity contribution < 1.29 is 9.53 Å². The number of rotatable bonds is 5. The second-order valence-corrected chi connectivity index (χ2v) is 6.33. The summed E-state index contributed by atoms with van der Waals surface area (Å²) in [5.74, 6) is 0.754. The Bertz CT molecular complexity index is 610. The molecule has 0 spiro atoms. The zero-order chi connectivity index (χ0) is 15.4. The van der Waals surface area contributed by atoms with Crippen molar-refractivity contribution in [2.24, 2.45) is 0 Å². The van der Waals surface area contributed by atoms with E-state index in [0.717, 1.165) is 31.8 Å². The smallest absolute Gasteiger partial charge is 0.251 e. The normalized spacial score (nSPS) is 18.3. The lowest BCUT2D eigenvalue weighted by atomic mass is 10.2. The van der Waals surface area contributed by atoms with Crippen molar-refractivity contribution in [2.45, 2.75) is 19.0 Å². The van der Waals surface area contributed by atoms with Gasteiger partial charge in [0.05, 0.1) is 7.11 Å². The molecule has 1 saturated heterocycles. The van der Waals surface area contributed by atoms with Gasteiger partial charge in [-0.3, -0.25) is 9.69 Å².